The van der Waals surface area contributed by atoms with E-state index in [1.807, 2.05) is 67.6 Å². The van der Waals surface area contributed by atoms with Gasteiger partial charge in [-0.2, -0.15) is 0 Å². The maximum atomic E-state index is 13.3. The normalized spacial score (nSPS) is 10.9. The van der Waals surface area contributed by atoms with E-state index in [-0.39, 0.29) is 5.91 Å². The fourth-order valence-electron chi connectivity index (χ4n) is 3.03. The third kappa shape index (κ3) is 3.62. The maximum absolute atomic E-state index is 13.3. The molecule has 0 fully saturated rings. The number of hydrogen-bond donors (Lipinski definition) is 0. The molecule has 0 radical (unpaired) electrons. The van der Waals surface area contributed by atoms with Gasteiger partial charge in [0.2, 0.25) is 0 Å². The highest BCUT2D eigenvalue weighted by atomic mass is 32.1. The van der Waals surface area contributed by atoms with Gasteiger partial charge in [-0.1, -0.05) is 71.5 Å². The van der Waals surface area contributed by atoms with Gasteiger partial charge in [-0.05, 0) is 43.2 Å². The van der Waals surface area contributed by atoms with Crippen molar-refractivity contribution in [2.24, 2.45) is 0 Å². The van der Waals surface area contributed by atoms with Crippen LogP contribution in [0.3, 0.4) is 0 Å². The largest absolute Gasteiger partial charge is 0.279 e. The average molecular weight is 372 g/mol. The summed E-state index contributed by atoms with van der Waals surface area (Å²) < 4.78 is 1.10. The molecular formula is C23H20N2OS. The molecule has 0 saturated carbocycles. The van der Waals surface area contributed by atoms with Crippen LogP contribution in [0.1, 0.15) is 27.0 Å². The highest BCUT2D eigenvalue weighted by Gasteiger charge is 2.22. The van der Waals surface area contributed by atoms with Gasteiger partial charge in [-0.25, -0.2) is 4.98 Å². The molecule has 3 nitrogen and oxygen atoms in total. The molecule has 4 rings (SSSR count). The van der Waals surface area contributed by atoms with Crippen molar-refractivity contribution in [2.45, 2.75) is 20.4 Å². The second kappa shape index (κ2) is 7.33. The van der Waals surface area contributed by atoms with Crippen LogP contribution in [0, 0.1) is 13.8 Å². The minimum absolute atomic E-state index is 0.0319. The molecule has 0 saturated heterocycles. The quantitative estimate of drug-likeness (QED) is 0.456. The molecule has 0 aliphatic heterocycles. The summed E-state index contributed by atoms with van der Waals surface area (Å²) in [6.07, 6.45) is 0. The lowest BCUT2D eigenvalue weighted by molar-refractivity contribution is 0.0985. The van der Waals surface area contributed by atoms with Crippen LogP contribution in [-0.2, 0) is 6.54 Å². The maximum Gasteiger partial charge on any atom is 0.260 e. The monoisotopic (exact) mass is 372 g/mol. The van der Waals surface area contributed by atoms with Crippen LogP contribution in [0.15, 0.2) is 72.8 Å². The topological polar surface area (TPSA) is 33.2 Å². The molecule has 4 heteroatoms. The highest BCUT2D eigenvalue weighted by Crippen LogP contribution is 2.32. The Balaban J connectivity index is 1.78. The number of thiazole rings is 1. The molecule has 0 N–H and O–H groups in total. The number of para-hydroxylation sites is 1. The Morgan fingerprint density at radius 1 is 0.926 bits per heavy atom. The molecule has 134 valence electrons. The van der Waals surface area contributed by atoms with Gasteiger partial charge in [-0.15, -0.1) is 0 Å². The summed E-state index contributed by atoms with van der Waals surface area (Å²) >= 11 is 1.56. The summed E-state index contributed by atoms with van der Waals surface area (Å²) in [6.45, 7) is 4.56. The Bertz CT molecular complexity index is 1080. The molecule has 0 aliphatic carbocycles. The average Bonchev–Trinajstić information content (AvgIpc) is 3.12. The van der Waals surface area contributed by atoms with E-state index < -0.39 is 0 Å². The highest BCUT2D eigenvalue weighted by molar-refractivity contribution is 7.22. The van der Waals surface area contributed by atoms with Crippen molar-refractivity contribution < 1.29 is 4.79 Å². The molecule has 27 heavy (non-hydrogen) atoms. The number of aryl methyl sites for hydroxylation is 2. The number of carbonyl (C=O) groups excluding carboxylic acids is 1. The van der Waals surface area contributed by atoms with Crippen molar-refractivity contribution in [3.63, 3.8) is 0 Å². The van der Waals surface area contributed by atoms with Gasteiger partial charge in [0.05, 0.1) is 16.8 Å². The molecule has 0 aliphatic rings. The van der Waals surface area contributed by atoms with Crippen molar-refractivity contribution in [3.8, 4) is 0 Å². The lowest BCUT2D eigenvalue weighted by Gasteiger charge is -2.20. The predicted octanol–water partition coefficient (Wildman–Crippen LogP) is 5.76. The summed E-state index contributed by atoms with van der Waals surface area (Å²) in [5.74, 6) is -0.0319. The molecule has 4 aromatic rings. The van der Waals surface area contributed by atoms with E-state index in [4.69, 9.17) is 4.98 Å². The third-order valence-electron chi connectivity index (χ3n) is 4.57. The minimum Gasteiger partial charge on any atom is -0.279 e. The molecular weight excluding hydrogens is 352 g/mol. The number of hydrogen-bond acceptors (Lipinski definition) is 3. The van der Waals surface area contributed by atoms with Crippen LogP contribution >= 0.6 is 11.3 Å². The lowest BCUT2D eigenvalue weighted by atomic mass is 10.1. The summed E-state index contributed by atoms with van der Waals surface area (Å²) in [7, 11) is 0. The number of benzene rings is 3. The number of carbonyl (C=O) groups is 1. The molecule has 0 bridgehead atoms. The number of nitrogens with zero attached hydrogens (tertiary/aromatic N) is 2. The Kier molecular flexibility index (Phi) is 4.73. The summed E-state index contributed by atoms with van der Waals surface area (Å²) in [6, 6.07) is 23.9. The van der Waals surface area contributed by atoms with Crippen LogP contribution in [0.4, 0.5) is 5.13 Å². The Hall–Kier alpha value is -2.98. The van der Waals surface area contributed by atoms with Gasteiger partial charge in [0, 0.05) is 5.56 Å². The fraction of sp³-hybridized carbons (Fsp3) is 0.130. The first-order valence-corrected chi connectivity index (χ1v) is 9.72. The zero-order chi connectivity index (χ0) is 18.8. The van der Waals surface area contributed by atoms with Gasteiger partial charge < -0.3 is 0 Å². The summed E-state index contributed by atoms with van der Waals surface area (Å²) in [5, 5.41) is 0.730. The standard InChI is InChI=1S/C23H20N2OS/c1-16-11-13-19(14-12-16)22(26)25(15-18-8-4-3-5-9-18)23-24-21-17(2)7-6-10-20(21)27-23/h3-14H,15H2,1-2H3. The van der Waals surface area contributed by atoms with Crippen LogP contribution in [0.2, 0.25) is 0 Å². The number of rotatable bonds is 4. The molecule has 3 aromatic carbocycles. The van der Waals surface area contributed by atoms with Gasteiger partial charge >= 0.3 is 0 Å². The number of amides is 1. The molecule has 1 heterocycles. The smallest absolute Gasteiger partial charge is 0.260 e. The van der Waals surface area contributed by atoms with Crippen LogP contribution in [0.5, 0.6) is 0 Å². The van der Waals surface area contributed by atoms with Crippen LogP contribution in [-0.4, -0.2) is 10.9 Å². The van der Waals surface area contributed by atoms with E-state index in [2.05, 4.69) is 19.1 Å². The zero-order valence-corrected chi connectivity index (χ0v) is 16.2. The van der Waals surface area contributed by atoms with Gasteiger partial charge in [0.15, 0.2) is 5.13 Å². The molecule has 0 spiro atoms. The van der Waals surface area contributed by atoms with E-state index in [0.29, 0.717) is 12.1 Å². The van der Waals surface area contributed by atoms with Gasteiger partial charge in [-0.3, -0.25) is 9.69 Å². The fourth-order valence-corrected chi connectivity index (χ4v) is 4.08. The van der Waals surface area contributed by atoms with Gasteiger partial charge in [0.1, 0.15) is 0 Å². The summed E-state index contributed by atoms with van der Waals surface area (Å²) in [5.41, 5.74) is 4.97. The van der Waals surface area contributed by atoms with Crippen LogP contribution < -0.4 is 4.90 Å². The molecule has 1 aromatic heterocycles. The van der Waals surface area contributed by atoms with E-state index in [9.17, 15) is 4.79 Å². The van der Waals surface area contributed by atoms with Crippen molar-refractivity contribution in [1.82, 2.24) is 4.98 Å². The first-order valence-electron chi connectivity index (χ1n) is 8.90. The molecule has 0 atom stereocenters. The number of anilines is 1. The zero-order valence-electron chi connectivity index (χ0n) is 15.3. The van der Waals surface area contributed by atoms with Crippen molar-refractivity contribution in [1.29, 1.82) is 0 Å². The first kappa shape index (κ1) is 17.4. The predicted molar refractivity (Wildman–Crippen MR) is 112 cm³/mol. The minimum atomic E-state index is -0.0319. The first-order chi connectivity index (χ1) is 13.1. The van der Waals surface area contributed by atoms with Crippen molar-refractivity contribution in [2.75, 3.05) is 4.90 Å². The molecule has 0 unspecified atom stereocenters. The summed E-state index contributed by atoms with van der Waals surface area (Å²) in [4.78, 5) is 19.9. The Morgan fingerprint density at radius 3 is 2.37 bits per heavy atom. The van der Waals surface area contributed by atoms with Crippen LogP contribution in [0.25, 0.3) is 10.2 Å². The van der Waals surface area contributed by atoms with Gasteiger partial charge in [0.25, 0.3) is 5.91 Å². The SMILES string of the molecule is Cc1ccc(C(=O)N(Cc2ccccc2)c2nc3c(C)cccc3s2)cc1. The molecule has 1 amide bonds. The number of aromatic nitrogens is 1. The van der Waals surface area contributed by atoms with Crippen molar-refractivity contribution >= 4 is 32.6 Å². The van der Waals surface area contributed by atoms with E-state index in [1.165, 1.54) is 0 Å². The van der Waals surface area contributed by atoms with E-state index in [0.717, 1.165) is 32.0 Å². The Labute approximate surface area is 162 Å². The van der Waals surface area contributed by atoms with Crippen molar-refractivity contribution in [3.05, 3.63) is 95.1 Å². The third-order valence-corrected chi connectivity index (χ3v) is 5.61. The number of fused-ring (bicyclic) bond motifs is 1. The van der Waals surface area contributed by atoms with E-state index >= 15 is 0 Å². The second-order valence-electron chi connectivity index (χ2n) is 6.66. The van der Waals surface area contributed by atoms with E-state index in [1.54, 1.807) is 16.2 Å². The second-order valence-corrected chi connectivity index (χ2v) is 7.67. The lowest BCUT2D eigenvalue weighted by Crippen LogP contribution is -2.30. The Morgan fingerprint density at radius 2 is 1.67 bits per heavy atom.